The molecule has 0 aliphatic carbocycles. The summed E-state index contributed by atoms with van der Waals surface area (Å²) in [5.74, 6) is -1.66. The fourth-order valence-electron chi connectivity index (χ4n) is 2.96. The Kier molecular flexibility index (Phi) is 6.08. The molecule has 0 spiro atoms. The summed E-state index contributed by atoms with van der Waals surface area (Å²) in [7, 11) is 0. The Morgan fingerprint density at radius 3 is 2.42 bits per heavy atom. The van der Waals surface area contributed by atoms with Crippen LogP contribution in [0.25, 0.3) is 17.1 Å². The van der Waals surface area contributed by atoms with Gasteiger partial charge >= 0.3 is 0 Å². The summed E-state index contributed by atoms with van der Waals surface area (Å²) in [5.41, 5.74) is 3.10. The lowest BCUT2D eigenvalue weighted by atomic mass is 10.1. The molecule has 0 saturated heterocycles. The van der Waals surface area contributed by atoms with Crippen LogP contribution in [-0.4, -0.2) is 26.4 Å². The number of amides is 1. The molecule has 1 amide bonds. The Morgan fingerprint density at radius 2 is 1.71 bits per heavy atom. The number of benzene rings is 3. The second kappa shape index (κ2) is 9.09. The van der Waals surface area contributed by atoms with Crippen molar-refractivity contribution in [2.24, 2.45) is 0 Å². The van der Waals surface area contributed by atoms with Gasteiger partial charge in [-0.1, -0.05) is 59.8 Å². The quantitative estimate of drug-likeness (QED) is 0.419. The van der Waals surface area contributed by atoms with E-state index >= 15 is 0 Å². The molecular weight excluding hydrogens is 418 g/mol. The molecule has 0 radical (unpaired) electrons. The standard InChI is InChI=1S/C23H18F2N4OS/c1-15-7-9-16(10-8-15)22-27-28-23(29(22)18-5-3-2-4-6-18)31-14-21(30)26-17-11-12-19(24)20(25)13-17/h2-13H,14H2,1H3,(H,26,30). The number of anilines is 1. The second-order valence-corrected chi connectivity index (χ2v) is 7.75. The molecule has 5 nitrogen and oxygen atoms in total. The molecule has 1 aromatic heterocycles. The number of aromatic nitrogens is 3. The third kappa shape index (κ3) is 4.80. The van der Waals surface area contributed by atoms with E-state index in [-0.39, 0.29) is 17.3 Å². The summed E-state index contributed by atoms with van der Waals surface area (Å²) in [6.45, 7) is 2.01. The largest absolute Gasteiger partial charge is 0.325 e. The van der Waals surface area contributed by atoms with Crippen LogP contribution in [0.4, 0.5) is 14.5 Å². The number of carbonyl (C=O) groups excluding carboxylic acids is 1. The topological polar surface area (TPSA) is 59.8 Å². The number of hydrogen-bond donors (Lipinski definition) is 1. The lowest BCUT2D eigenvalue weighted by molar-refractivity contribution is -0.113. The van der Waals surface area contributed by atoms with E-state index in [1.807, 2.05) is 66.1 Å². The zero-order chi connectivity index (χ0) is 21.8. The smallest absolute Gasteiger partial charge is 0.234 e. The van der Waals surface area contributed by atoms with E-state index in [1.165, 1.54) is 17.8 Å². The van der Waals surface area contributed by atoms with Gasteiger partial charge in [0.1, 0.15) is 0 Å². The molecule has 3 aromatic carbocycles. The van der Waals surface area contributed by atoms with Gasteiger partial charge in [0.2, 0.25) is 5.91 Å². The molecule has 4 rings (SSSR count). The molecule has 31 heavy (non-hydrogen) atoms. The molecule has 0 aliphatic heterocycles. The average molecular weight is 436 g/mol. The van der Waals surface area contributed by atoms with Gasteiger partial charge in [0, 0.05) is 23.0 Å². The molecule has 4 aromatic rings. The van der Waals surface area contributed by atoms with Crippen molar-refractivity contribution in [3.63, 3.8) is 0 Å². The molecule has 0 fully saturated rings. The second-order valence-electron chi connectivity index (χ2n) is 6.81. The summed E-state index contributed by atoms with van der Waals surface area (Å²) in [6, 6.07) is 20.8. The van der Waals surface area contributed by atoms with Crippen LogP contribution in [0.1, 0.15) is 5.56 Å². The first-order valence-electron chi connectivity index (χ1n) is 9.47. The van der Waals surface area contributed by atoms with Gasteiger partial charge in [-0.05, 0) is 31.2 Å². The van der Waals surface area contributed by atoms with Crippen LogP contribution in [-0.2, 0) is 4.79 Å². The summed E-state index contributed by atoms with van der Waals surface area (Å²) in [4.78, 5) is 12.3. The zero-order valence-electron chi connectivity index (χ0n) is 16.5. The maximum atomic E-state index is 13.4. The number of nitrogens with one attached hydrogen (secondary N) is 1. The average Bonchev–Trinajstić information content (AvgIpc) is 3.20. The molecule has 8 heteroatoms. The van der Waals surface area contributed by atoms with Gasteiger partial charge in [0.25, 0.3) is 0 Å². The minimum Gasteiger partial charge on any atom is -0.325 e. The van der Waals surface area contributed by atoms with Crippen LogP contribution >= 0.6 is 11.8 Å². The van der Waals surface area contributed by atoms with Crippen molar-refractivity contribution in [2.75, 3.05) is 11.1 Å². The molecular formula is C23H18F2N4OS. The third-order valence-corrected chi connectivity index (χ3v) is 5.42. The van der Waals surface area contributed by atoms with Gasteiger partial charge in [-0.25, -0.2) is 8.78 Å². The highest BCUT2D eigenvalue weighted by molar-refractivity contribution is 7.99. The van der Waals surface area contributed by atoms with Crippen molar-refractivity contribution in [1.82, 2.24) is 14.8 Å². The monoisotopic (exact) mass is 436 g/mol. The number of halogens is 2. The summed E-state index contributed by atoms with van der Waals surface area (Å²) in [5, 5.41) is 11.7. The van der Waals surface area contributed by atoms with Gasteiger partial charge in [0.05, 0.1) is 5.75 Å². The molecule has 156 valence electrons. The van der Waals surface area contributed by atoms with Crippen LogP contribution in [0.5, 0.6) is 0 Å². The van der Waals surface area contributed by atoms with E-state index in [2.05, 4.69) is 15.5 Å². The Hall–Kier alpha value is -3.52. The first-order chi connectivity index (χ1) is 15.0. The molecule has 1 heterocycles. The van der Waals surface area contributed by atoms with Crippen molar-refractivity contribution in [3.8, 4) is 17.1 Å². The molecule has 0 unspecified atom stereocenters. The summed E-state index contributed by atoms with van der Waals surface area (Å²) < 4.78 is 28.3. The number of rotatable bonds is 6. The normalized spacial score (nSPS) is 10.8. The Morgan fingerprint density at radius 1 is 0.968 bits per heavy atom. The van der Waals surface area contributed by atoms with E-state index in [0.717, 1.165) is 28.9 Å². The lowest BCUT2D eigenvalue weighted by Crippen LogP contribution is -2.14. The molecule has 0 aliphatic rings. The highest BCUT2D eigenvalue weighted by Gasteiger charge is 2.17. The molecule has 0 atom stereocenters. The van der Waals surface area contributed by atoms with E-state index in [9.17, 15) is 13.6 Å². The van der Waals surface area contributed by atoms with Gasteiger partial charge in [-0.3, -0.25) is 9.36 Å². The van der Waals surface area contributed by atoms with Crippen molar-refractivity contribution in [3.05, 3.63) is 90.0 Å². The lowest BCUT2D eigenvalue weighted by Gasteiger charge is -2.11. The summed E-state index contributed by atoms with van der Waals surface area (Å²) in [6.07, 6.45) is 0. The third-order valence-electron chi connectivity index (χ3n) is 4.49. The number of nitrogens with zero attached hydrogens (tertiary/aromatic N) is 3. The predicted octanol–water partition coefficient (Wildman–Crippen LogP) is 5.25. The van der Waals surface area contributed by atoms with Crippen LogP contribution in [0.2, 0.25) is 0 Å². The van der Waals surface area contributed by atoms with Crippen LogP contribution < -0.4 is 5.32 Å². The van der Waals surface area contributed by atoms with Gasteiger partial charge in [0.15, 0.2) is 22.6 Å². The number of carbonyl (C=O) groups is 1. The van der Waals surface area contributed by atoms with Crippen LogP contribution in [0.15, 0.2) is 78.0 Å². The number of thioether (sulfide) groups is 1. The maximum absolute atomic E-state index is 13.4. The van der Waals surface area contributed by atoms with E-state index in [4.69, 9.17) is 0 Å². The Balaban J connectivity index is 1.57. The molecule has 0 bridgehead atoms. The maximum Gasteiger partial charge on any atom is 0.234 e. The first kappa shape index (κ1) is 20.7. The Labute approximate surface area is 182 Å². The van der Waals surface area contributed by atoms with Crippen molar-refractivity contribution < 1.29 is 13.6 Å². The Bertz CT molecular complexity index is 1210. The van der Waals surface area contributed by atoms with Crippen molar-refractivity contribution >= 4 is 23.4 Å². The van der Waals surface area contributed by atoms with Crippen molar-refractivity contribution in [2.45, 2.75) is 12.1 Å². The van der Waals surface area contributed by atoms with E-state index < -0.39 is 11.6 Å². The van der Waals surface area contributed by atoms with E-state index in [1.54, 1.807) is 0 Å². The fraction of sp³-hybridized carbons (Fsp3) is 0.0870. The number of para-hydroxylation sites is 1. The van der Waals surface area contributed by atoms with Gasteiger partial charge in [-0.15, -0.1) is 10.2 Å². The predicted molar refractivity (Wildman–Crippen MR) is 117 cm³/mol. The molecule has 0 saturated carbocycles. The van der Waals surface area contributed by atoms with Crippen molar-refractivity contribution in [1.29, 1.82) is 0 Å². The van der Waals surface area contributed by atoms with Gasteiger partial charge < -0.3 is 5.32 Å². The minimum absolute atomic E-state index is 0.0257. The number of aryl methyl sites for hydroxylation is 1. The molecule has 1 N–H and O–H groups in total. The van der Waals surface area contributed by atoms with E-state index in [0.29, 0.717) is 11.0 Å². The zero-order valence-corrected chi connectivity index (χ0v) is 17.4. The first-order valence-corrected chi connectivity index (χ1v) is 10.5. The van der Waals surface area contributed by atoms with Crippen LogP contribution in [0, 0.1) is 18.6 Å². The number of hydrogen-bond acceptors (Lipinski definition) is 4. The van der Waals surface area contributed by atoms with Crippen LogP contribution in [0.3, 0.4) is 0 Å². The highest BCUT2D eigenvalue weighted by Crippen LogP contribution is 2.28. The van der Waals surface area contributed by atoms with Gasteiger partial charge in [-0.2, -0.15) is 0 Å². The fourth-order valence-corrected chi connectivity index (χ4v) is 3.72. The SMILES string of the molecule is Cc1ccc(-c2nnc(SCC(=O)Nc3ccc(F)c(F)c3)n2-c2ccccc2)cc1. The highest BCUT2D eigenvalue weighted by atomic mass is 32.2. The summed E-state index contributed by atoms with van der Waals surface area (Å²) >= 11 is 1.20. The minimum atomic E-state index is -1.02.